The lowest BCUT2D eigenvalue weighted by atomic mass is 10.1. The number of fused-ring (bicyclic) bond motifs is 2. The Bertz CT molecular complexity index is 367. The molecule has 2 aliphatic rings. The van der Waals surface area contributed by atoms with Gasteiger partial charge in [-0.2, -0.15) is 0 Å². The largest absolute Gasteiger partial charge is 0.460 e. The van der Waals surface area contributed by atoms with Gasteiger partial charge >= 0.3 is 5.97 Å². The normalized spacial score (nSPS) is 26.8. The van der Waals surface area contributed by atoms with Crippen molar-refractivity contribution in [2.45, 2.75) is 45.3 Å². The first-order valence-electron chi connectivity index (χ1n) is 6.07. The second-order valence-electron chi connectivity index (χ2n) is 5.66. The SMILES string of the molecule is CC(C)(C)OC(=O)CCN1C(=O)C2C=CC1C2. The van der Waals surface area contributed by atoms with Crippen molar-refractivity contribution in [1.82, 2.24) is 4.90 Å². The van der Waals surface area contributed by atoms with E-state index < -0.39 is 5.60 Å². The number of nitrogens with zero attached hydrogens (tertiary/aromatic N) is 1. The maximum atomic E-state index is 11.8. The van der Waals surface area contributed by atoms with Crippen molar-refractivity contribution in [3.05, 3.63) is 12.2 Å². The highest BCUT2D eigenvalue weighted by Gasteiger charge is 2.40. The number of esters is 1. The van der Waals surface area contributed by atoms with Crippen molar-refractivity contribution >= 4 is 11.9 Å². The third kappa shape index (κ3) is 2.68. The highest BCUT2D eigenvalue weighted by molar-refractivity contribution is 5.85. The van der Waals surface area contributed by atoms with Crippen LogP contribution in [0.1, 0.15) is 33.6 Å². The molecule has 1 aliphatic carbocycles. The Morgan fingerprint density at radius 2 is 2.18 bits per heavy atom. The molecule has 0 aromatic rings. The summed E-state index contributed by atoms with van der Waals surface area (Å²) in [5.74, 6) is -0.0308. The van der Waals surface area contributed by atoms with Crippen LogP contribution in [0, 0.1) is 5.92 Å². The van der Waals surface area contributed by atoms with E-state index in [9.17, 15) is 9.59 Å². The zero-order valence-electron chi connectivity index (χ0n) is 10.6. The summed E-state index contributed by atoms with van der Waals surface area (Å²) in [6, 6.07) is 0.204. The van der Waals surface area contributed by atoms with Crippen molar-refractivity contribution in [2.75, 3.05) is 6.54 Å². The molecular weight excluding hydrogens is 218 g/mol. The summed E-state index contributed by atoms with van der Waals surface area (Å²) in [6.45, 7) is 6.00. The third-order valence-corrected chi connectivity index (χ3v) is 3.04. The van der Waals surface area contributed by atoms with Gasteiger partial charge in [-0.1, -0.05) is 12.2 Å². The topological polar surface area (TPSA) is 46.6 Å². The first-order valence-corrected chi connectivity index (χ1v) is 6.07. The minimum Gasteiger partial charge on any atom is -0.460 e. The molecule has 94 valence electrons. The Balaban J connectivity index is 1.82. The molecule has 2 bridgehead atoms. The Morgan fingerprint density at radius 1 is 1.47 bits per heavy atom. The maximum absolute atomic E-state index is 11.8. The van der Waals surface area contributed by atoms with Gasteiger partial charge in [0.15, 0.2) is 0 Å². The summed E-state index contributed by atoms with van der Waals surface area (Å²) in [7, 11) is 0. The molecule has 1 saturated heterocycles. The monoisotopic (exact) mass is 237 g/mol. The number of hydrogen-bond donors (Lipinski definition) is 0. The summed E-state index contributed by atoms with van der Waals surface area (Å²) < 4.78 is 5.22. The van der Waals surface area contributed by atoms with Crippen LogP contribution in [0.15, 0.2) is 12.2 Å². The highest BCUT2D eigenvalue weighted by atomic mass is 16.6. The van der Waals surface area contributed by atoms with Gasteiger partial charge in [-0.3, -0.25) is 9.59 Å². The van der Waals surface area contributed by atoms with Crippen molar-refractivity contribution in [3.63, 3.8) is 0 Å². The number of carbonyl (C=O) groups excluding carboxylic acids is 2. The van der Waals surface area contributed by atoms with Crippen LogP contribution >= 0.6 is 0 Å². The Kier molecular flexibility index (Phi) is 2.98. The summed E-state index contributed by atoms with van der Waals surface area (Å²) in [6.07, 6.45) is 5.19. The summed E-state index contributed by atoms with van der Waals surface area (Å²) in [5, 5.41) is 0. The molecule has 2 unspecified atom stereocenters. The average Bonchev–Trinajstić information content (AvgIpc) is 2.73. The Labute approximate surface area is 102 Å². The molecule has 17 heavy (non-hydrogen) atoms. The second kappa shape index (κ2) is 4.17. The van der Waals surface area contributed by atoms with Gasteiger partial charge in [0.1, 0.15) is 5.60 Å². The first kappa shape index (κ1) is 12.1. The van der Waals surface area contributed by atoms with E-state index >= 15 is 0 Å². The molecule has 0 aromatic heterocycles. The number of carbonyl (C=O) groups is 2. The zero-order chi connectivity index (χ0) is 12.6. The van der Waals surface area contributed by atoms with E-state index in [1.54, 1.807) is 4.90 Å². The van der Waals surface area contributed by atoms with Crippen LogP contribution in [0.3, 0.4) is 0 Å². The van der Waals surface area contributed by atoms with Gasteiger partial charge in [-0.25, -0.2) is 0 Å². The van der Waals surface area contributed by atoms with Crippen LogP contribution in [-0.4, -0.2) is 35.0 Å². The molecule has 2 rings (SSSR count). The van der Waals surface area contributed by atoms with Crippen LogP contribution in [0.4, 0.5) is 0 Å². The van der Waals surface area contributed by atoms with Gasteiger partial charge in [0.2, 0.25) is 5.91 Å². The Morgan fingerprint density at radius 3 is 2.71 bits per heavy atom. The van der Waals surface area contributed by atoms with E-state index in [-0.39, 0.29) is 30.3 Å². The minimum atomic E-state index is -0.453. The van der Waals surface area contributed by atoms with Crippen molar-refractivity contribution in [2.24, 2.45) is 5.92 Å². The predicted octanol–water partition coefficient (Wildman–Crippen LogP) is 1.51. The molecule has 0 radical (unpaired) electrons. The molecule has 4 nitrogen and oxygen atoms in total. The molecule has 1 heterocycles. The standard InChI is InChI=1S/C13H19NO3/c1-13(2,3)17-11(15)6-7-14-10-5-4-9(8-10)12(14)16/h4-5,9-10H,6-8H2,1-3H3. The molecule has 0 spiro atoms. The molecule has 0 aromatic carbocycles. The molecule has 0 N–H and O–H groups in total. The van der Waals surface area contributed by atoms with E-state index in [1.165, 1.54) is 0 Å². The minimum absolute atomic E-state index is 0.0543. The van der Waals surface area contributed by atoms with Crippen LogP contribution < -0.4 is 0 Å². The lowest BCUT2D eigenvalue weighted by Gasteiger charge is -2.25. The smallest absolute Gasteiger partial charge is 0.308 e. The summed E-state index contributed by atoms with van der Waals surface area (Å²) in [4.78, 5) is 25.1. The van der Waals surface area contributed by atoms with Crippen LogP contribution in [0.2, 0.25) is 0 Å². The Hall–Kier alpha value is -1.32. The van der Waals surface area contributed by atoms with Gasteiger partial charge in [-0.05, 0) is 27.2 Å². The summed E-state index contributed by atoms with van der Waals surface area (Å²) in [5.41, 5.74) is -0.453. The number of likely N-dealkylation sites (tertiary alicyclic amines) is 1. The number of rotatable bonds is 3. The van der Waals surface area contributed by atoms with Crippen LogP contribution in [0.5, 0.6) is 0 Å². The summed E-state index contributed by atoms with van der Waals surface area (Å²) >= 11 is 0. The van der Waals surface area contributed by atoms with E-state index in [4.69, 9.17) is 4.74 Å². The van der Waals surface area contributed by atoms with E-state index in [2.05, 4.69) is 6.08 Å². The molecule has 2 atom stereocenters. The third-order valence-electron chi connectivity index (χ3n) is 3.04. The number of ether oxygens (including phenoxy) is 1. The number of amides is 1. The molecule has 1 amide bonds. The first-order chi connectivity index (χ1) is 7.87. The molecular formula is C13H19NO3. The molecule has 4 heteroatoms. The molecule has 1 fully saturated rings. The molecule has 1 aliphatic heterocycles. The average molecular weight is 237 g/mol. The fourth-order valence-corrected chi connectivity index (χ4v) is 2.35. The van der Waals surface area contributed by atoms with Gasteiger partial charge in [0.25, 0.3) is 0 Å². The van der Waals surface area contributed by atoms with Gasteiger partial charge in [0, 0.05) is 6.54 Å². The van der Waals surface area contributed by atoms with Crippen molar-refractivity contribution < 1.29 is 14.3 Å². The quantitative estimate of drug-likeness (QED) is 0.552. The second-order valence-corrected chi connectivity index (χ2v) is 5.66. The van der Waals surface area contributed by atoms with Gasteiger partial charge in [-0.15, -0.1) is 0 Å². The van der Waals surface area contributed by atoms with E-state index in [0.29, 0.717) is 6.54 Å². The lowest BCUT2D eigenvalue weighted by Crippen LogP contribution is -2.37. The fourth-order valence-electron chi connectivity index (χ4n) is 2.35. The lowest BCUT2D eigenvalue weighted by molar-refractivity contribution is -0.155. The predicted molar refractivity (Wildman–Crippen MR) is 63.2 cm³/mol. The highest BCUT2D eigenvalue weighted by Crippen LogP contribution is 2.32. The van der Waals surface area contributed by atoms with Crippen LogP contribution in [0.25, 0.3) is 0 Å². The van der Waals surface area contributed by atoms with Crippen molar-refractivity contribution in [3.8, 4) is 0 Å². The van der Waals surface area contributed by atoms with Gasteiger partial charge < -0.3 is 9.64 Å². The van der Waals surface area contributed by atoms with Crippen LogP contribution in [-0.2, 0) is 14.3 Å². The van der Waals surface area contributed by atoms with E-state index in [1.807, 2.05) is 26.8 Å². The zero-order valence-corrected chi connectivity index (χ0v) is 10.6. The maximum Gasteiger partial charge on any atom is 0.308 e. The molecule has 0 saturated carbocycles. The fraction of sp³-hybridized carbons (Fsp3) is 0.692. The van der Waals surface area contributed by atoms with Gasteiger partial charge in [0.05, 0.1) is 18.4 Å². The van der Waals surface area contributed by atoms with Crippen molar-refractivity contribution in [1.29, 1.82) is 0 Å². The number of hydrogen-bond acceptors (Lipinski definition) is 3. The van der Waals surface area contributed by atoms with E-state index in [0.717, 1.165) is 6.42 Å².